The topological polar surface area (TPSA) is 68.2 Å². The van der Waals surface area contributed by atoms with Crippen molar-refractivity contribution < 1.29 is 24.4 Å². The molecule has 5 atom stereocenters. The number of aliphatic hydroxyl groups excluding tert-OH is 2. The van der Waals surface area contributed by atoms with Gasteiger partial charge in [-0.3, -0.25) is 0 Å². The van der Waals surface area contributed by atoms with Crippen LogP contribution in [0.25, 0.3) is 0 Å². The molecule has 0 heterocycles. The average Bonchev–Trinajstić information content (AvgIpc) is 2.86. The van der Waals surface area contributed by atoms with Gasteiger partial charge in [-0.1, -0.05) is 91.0 Å². The number of ether oxygens (including phenoxy) is 3. The summed E-state index contributed by atoms with van der Waals surface area (Å²) in [5, 5.41) is 21.4. The monoisotopic (exact) mass is 448 g/mol. The maximum absolute atomic E-state index is 10.8. The van der Waals surface area contributed by atoms with Crippen LogP contribution in [0.15, 0.2) is 91.0 Å². The zero-order chi connectivity index (χ0) is 22.9. The number of hydrogen-bond donors (Lipinski definition) is 2. The fraction of sp³-hybridized carbons (Fsp3) is 0.357. The van der Waals surface area contributed by atoms with Gasteiger partial charge < -0.3 is 24.4 Å². The van der Waals surface area contributed by atoms with Gasteiger partial charge in [-0.15, -0.1) is 0 Å². The van der Waals surface area contributed by atoms with Crippen LogP contribution < -0.4 is 0 Å². The lowest BCUT2D eigenvalue weighted by Crippen LogP contribution is -2.56. The van der Waals surface area contributed by atoms with Crippen LogP contribution in [0, 0.1) is 5.92 Å². The van der Waals surface area contributed by atoms with E-state index >= 15 is 0 Å². The molecule has 0 spiro atoms. The van der Waals surface area contributed by atoms with Gasteiger partial charge in [0.15, 0.2) is 0 Å². The minimum Gasteiger partial charge on any atom is -0.390 e. The summed E-state index contributed by atoms with van der Waals surface area (Å²) < 4.78 is 18.5. The minimum atomic E-state index is -1.03. The zero-order valence-corrected chi connectivity index (χ0v) is 18.7. The molecule has 5 nitrogen and oxygen atoms in total. The highest BCUT2D eigenvalue weighted by atomic mass is 16.6. The lowest BCUT2D eigenvalue weighted by atomic mass is 9.81. The Bertz CT molecular complexity index is 934. The van der Waals surface area contributed by atoms with Crippen molar-refractivity contribution in [2.45, 2.75) is 50.7 Å². The van der Waals surface area contributed by atoms with Crippen LogP contribution in [0.3, 0.4) is 0 Å². The highest BCUT2D eigenvalue weighted by Gasteiger charge is 2.45. The molecule has 3 aromatic rings. The Morgan fingerprint density at radius 3 is 1.58 bits per heavy atom. The predicted octanol–water partition coefficient (Wildman–Crippen LogP) is 4.12. The van der Waals surface area contributed by atoms with Gasteiger partial charge >= 0.3 is 0 Å². The van der Waals surface area contributed by atoms with Crippen LogP contribution in [0.1, 0.15) is 23.1 Å². The first-order valence-electron chi connectivity index (χ1n) is 11.5. The molecule has 33 heavy (non-hydrogen) atoms. The third-order valence-electron chi connectivity index (χ3n) is 6.08. The van der Waals surface area contributed by atoms with Crippen molar-refractivity contribution >= 4 is 0 Å². The Kier molecular flexibility index (Phi) is 8.64. The highest BCUT2D eigenvalue weighted by Crippen LogP contribution is 2.32. The molecule has 1 aliphatic carbocycles. The molecule has 0 amide bonds. The number of aliphatic hydroxyl groups is 2. The quantitative estimate of drug-likeness (QED) is 0.489. The first-order valence-corrected chi connectivity index (χ1v) is 11.5. The van der Waals surface area contributed by atoms with Crippen molar-refractivity contribution in [1.82, 2.24) is 0 Å². The zero-order valence-electron chi connectivity index (χ0n) is 18.7. The second kappa shape index (κ2) is 12.1. The van der Waals surface area contributed by atoms with Crippen LogP contribution in [0.5, 0.6) is 0 Å². The maximum Gasteiger partial charge on any atom is 0.113 e. The van der Waals surface area contributed by atoms with Crippen LogP contribution in [-0.2, 0) is 34.0 Å². The Morgan fingerprint density at radius 1 is 0.606 bits per heavy atom. The van der Waals surface area contributed by atoms with E-state index in [9.17, 15) is 10.2 Å². The van der Waals surface area contributed by atoms with Crippen molar-refractivity contribution in [3.8, 4) is 0 Å². The number of rotatable bonds is 10. The standard InChI is InChI=1S/C28H32O5/c29-25-16-24(20-31-17-21-10-4-1-5-11-21)27(32-18-22-12-6-2-7-13-22)28(26(25)30)33-19-23-14-8-3-9-15-23/h1-15,24-30H,16-20H2/t24-,25+,26+,27+,28-/m1/s1. The SMILES string of the molecule is O[C@@H]1[C@@H](OCc2ccccc2)[C@@H](OCc2ccccc2)[C@@H](COCc2ccccc2)C[C@@H]1O. The summed E-state index contributed by atoms with van der Waals surface area (Å²) in [5.41, 5.74) is 3.14. The second-order valence-electron chi connectivity index (χ2n) is 8.58. The van der Waals surface area contributed by atoms with Crippen molar-refractivity contribution in [2.24, 2.45) is 5.92 Å². The molecule has 0 radical (unpaired) electrons. The van der Waals surface area contributed by atoms with Crippen molar-refractivity contribution in [3.05, 3.63) is 108 Å². The number of hydrogen-bond acceptors (Lipinski definition) is 5. The van der Waals surface area contributed by atoms with E-state index < -0.39 is 24.4 Å². The second-order valence-corrected chi connectivity index (χ2v) is 8.58. The van der Waals surface area contributed by atoms with Crippen molar-refractivity contribution in [2.75, 3.05) is 6.61 Å². The number of benzene rings is 3. The molecule has 2 N–H and O–H groups in total. The molecule has 4 rings (SSSR count). The summed E-state index contributed by atoms with van der Waals surface area (Å²) in [6, 6.07) is 29.7. The van der Waals surface area contributed by atoms with Gasteiger partial charge in [-0.05, 0) is 23.1 Å². The van der Waals surface area contributed by atoms with E-state index in [2.05, 4.69) is 0 Å². The maximum atomic E-state index is 10.8. The minimum absolute atomic E-state index is 0.114. The van der Waals surface area contributed by atoms with Crippen molar-refractivity contribution in [1.29, 1.82) is 0 Å². The van der Waals surface area contributed by atoms with E-state index in [4.69, 9.17) is 14.2 Å². The van der Waals surface area contributed by atoms with Crippen LogP contribution >= 0.6 is 0 Å². The Balaban J connectivity index is 1.46. The summed E-state index contributed by atoms with van der Waals surface area (Å²) in [5.74, 6) is -0.114. The predicted molar refractivity (Wildman–Crippen MR) is 126 cm³/mol. The normalized spacial score (nSPS) is 25.1. The lowest BCUT2D eigenvalue weighted by molar-refractivity contribution is -0.208. The molecule has 0 aliphatic heterocycles. The molecule has 0 aromatic heterocycles. The van der Waals surface area contributed by atoms with Gasteiger partial charge in [0.25, 0.3) is 0 Å². The van der Waals surface area contributed by atoms with Gasteiger partial charge in [0.1, 0.15) is 12.2 Å². The molecule has 0 saturated heterocycles. The van der Waals surface area contributed by atoms with E-state index in [-0.39, 0.29) is 5.92 Å². The summed E-state index contributed by atoms with van der Waals surface area (Å²) in [6.07, 6.45) is -2.61. The fourth-order valence-corrected chi connectivity index (χ4v) is 4.29. The Hall–Kier alpha value is -2.54. The van der Waals surface area contributed by atoms with Gasteiger partial charge in [0.05, 0.1) is 38.6 Å². The largest absolute Gasteiger partial charge is 0.390 e. The Labute approximate surface area is 195 Å². The molecule has 1 saturated carbocycles. The molecule has 1 aliphatic rings. The first-order chi connectivity index (χ1) is 16.2. The third-order valence-corrected chi connectivity index (χ3v) is 6.08. The molecule has 5 heteroatoms. The smallest absolute Gasteiger partial charge is 0.113 e. The molecular weight excluding hydrogens is 416 g/mol. The van der Waals surface area contributed by atoms with E-state index in [1.165, 1.54) is 0 Å². The Morgan fingerprint density at radius 2 is 1.06 bits per heavy atom. The molecule has 174 valence electrons. The van der Waals surface area contributed by atoms with Gasteiger partial charge in [0.2, 0.25) is 0 Å². The average molecular weight is 449 g/mol. The van der Waals surface area contributed by atoms with E-state index in [1.54, 1.807) is 0 Å². The first kappa shape index (κ1) is 23.6. The summed E-state index contributed by atoms with van der Waals surface area (Å²) in [7, 11) is 0. The third kappa shape index (κ3) is 6.73. The molecule has 3 aromatic carbocycles. The van der Waals surface area contributed by atoms with Crippen LogP contribution in [0.4, 0.5) is 0 Å². The summed E-state index contributed by atoms with van der Waals surface area (Å²) in [6.45, 7) is 1.62. The fourth-order valence-electron chi connectivity index (χ4n) is 4.29. The highest BCUT2D eigenvalue weighted by molar-refractivity contribution is 5.15. The van der Waals surface area contributed by atoms with E-state index in [0.29, 0.717) is 32.8 Å². The molecule has 1 fully saturated rings. The molecular formula is C28H32O5. The lowest BCUT2D eigenvalue weighted by Gasteiger charge is -2.43. The summed E-state index contributed by atoms with van der Waals surface area (Å²) >= 11 is 0. The molecule has 0 unspecified atom stereocenters. The van der Waals surface area contributed by atoms with Gasteiger partial charge in [0, 0.05) is 5.92 Å². The van der Waals surface area contributed by atoms with Crippen molar-refractivity contribution in [3.63, 3.8) is 0 Å². The van der Waals surface area contributed by atoms with Gasteiger partial charge in [-0.2, -0.15) is 0 Å². The van der Waals surface area contributed by atoms with Gasteiger partial charge in [-0.25, -0.2) is 0 Å². The van der Waals surface area contributed by atoms with Crippen LogP contribution in [-0.4, -0.2) is 41.2 Å². The summed E-state index contributed by atoms with van der Waals surface area (Å²) in [4.78, 5) is 0. The molecule has 0 bridgehead atoms. The van der Waals surface area contributed by atoms with Crippen LogP contribution in [0.2, 0.25) is 0 Å². The van der Waals surface area contributed by atoms with E-state index in [0.717, 1.165) is 16.7 Å². The van der Waals surface area contributed by atoms with E-state index in [1.807, 2.05) is 91.0 Å².